The molecule has 2 aliphatic rings. The Hall–Kier alpha value is -1.84. The molecule has 0 aromatic carbocycles. The second kappa shape index (κ2) is 7.42. The highest BCUT2D eigenvalue weighted by atomic mass is 16.5. The van der Waals surface area contributed by atoms with Gasteiger partial charge in [-0.15, -0.1) is 0 Å². The van der Waals surface area contributed by atoms with Crippen LogP contribution in [0.4, 0.5) is 0 Å². The number of fused-ring (bicyclic) bond motifs is 1. The van der Waals surface area contributed by atoms with Crippen LogP contribution >= 0.6 is 0 Å². The number of allylic oxidation sites excluding steroid dienone is 3. The molecule has 5 unspecified atom stereocenters. The average molecular weight is 360 g/mol. The van der Waals surface area contributed by atoms with Crippen LogP contribution in [0.5, 0.6) is 0 Å². The zero-order valence-corrected chi connectivity index (χ0v) is 16.3. The molecule has 0 bridgehead atoms. The van der Waals surface area contributed by atoms with Crippen molar-refractivity contribution >= 4 is 11.9 Å². The van der Waals surface area contributed by atoms with Crippen molar-refractivity contribution in [2.75, 3.05) is 0 Å². The zero-order valence-electron chi connectivity index (χ0n) is 16.3. The Kier molecular flexibility index (Phi) is 5.84. The Balaban J connectivity index is 2.39. The van der Waals surface area contributed by atoms with Crippen molar-refractivity contribution in [3.05, 3.63) is 37.0 Å². The van der Waals surface area contributed by atoms with Gasteiger partial charge in [-0.1, -0.05) is 43.9 Å². The average Bonchev–Trinajstić information content (AvgIpc) is 2.56. The van der Waals surface area contributed by atoms with Crippen LogP contribution in [0.3, 0.4) is 0 Å². The quantitative estimate of drug-likeness (QED) is 0.415. The molecule has 5 atom stereocenters. The maximum Gasteiger partial charge on any atom is 0.313 e. The van der Waals surface area contributed by atoms with Gasteiger partial charge in [0.2, 0.25) is 0 Å². The van der Waals surface area contributed by atoms with Gasteiger partial charge in [0.15, 0.2) is 0 Å². The molecule has 2 rings (SSSR count). The molecule has 1 N–H and O–H groups in total. The molecule has 0 radical (unpaired) electrons. The SMILES string of the molecule is C=CC(=C)CCC1C(=C)CCC2C1(C)CCC(OC(C)=O)C2(C)C(=O)O. The molecule has 2 fully saturated rings. The highest BCUT2D eigenvalue weighted by Crippen LogP contribution is 2.62. The third-order valence-electron chi connectivity index (χ3n) is 6.99. The molecular weight excluding hydrogens is 328 g/mol. The standard InChI is InChI=1S/C22H32O4/c1-7-14(2)8-10-17-15(3)9-11-18-21(17,5)13-12-19(26-16(4)23)22(18,6)20(24)25/h7,17-19H,1-3,8-13H2,4-6H3,(H,24,25). The summed E-state index contributed by atoms with van der Waals surface area (Å²) >= 11 is 0. The van der Waals surface area contributed by atoms with Crippen molar-refractivity contribution in [1.82, 2.24) is 0 Å². The molecule has 0 spiro atoms. The summed E-state index contributed by atoms with van der Waals surface area (Å²) in [6, 6.07) is 0. The van der Waals surface area contributed by atoms with E-state index >= 15 is 0 Å². The first-order chi connectivity index (χ1) is 12.1. The maximum absolute atomic E-state index is 12.3. The molecule has 2 saturated carbocycles. The van der Waals surface area contributed by atoms with Crippen molar-refractivity contribution in [1.29, 1.82) is 0 Å². The molecule has 0 aliphatic heterocycles. The lowest BCUT2D eigenvalue weighted by molar-refractivity contribution is -0.194. The van der Waals surface area contributed by atoms with Gasteiger partial charge in [0.25, 0.3) is 0 Å². The predicted molar refractivity (Wildman–Crippen MR) is 103 cm³/mol. The number of aliphatic carboxylic acids is 1. The van der Waals surface area contributed by atoms with Gasteiger partial charge in [-0.3, -0.25) is 9.59 Å². The van der Waals surface area contributed by atoms with E-state index in [1.54, 1.807) is 13.0 Å². The lowest BCUT2D eigenvalue weighted by Crippen LogP contribution is -2.60. The van der Waals surface area contributed by atoms with E-state index in [-0.39, 0.29) is 17.3 Å². The number of carbonyl (C=O) groups is 2. The summed E-state index contributed by atoms with van der Waals surface area (Å²) in [5, 5.41) is 10.1. The first kappa shape index (κ1) is 20.5. The summed E-state index contributed by atoms with van der Waals surface area (Å²) in [5.41, 5.74) is 0.964. The van der Waals surface area contributed by atoms with Crippen LogP contribution < -0.4 is 0 Å². The lowest BCUT2D eigenvalue weighted by atomic mass is 9.46. The fourth-order valence-electron chi connectivity index (χ4n) is 5.48. The van der Waals surface area contributed by atoms with E-state index in [4.69, 9.17) is 4.74 Å². The monoisotopic (exact) mass is 360 g/mol. The molecule has 4 heteroatoms. The van der Waals surface area contributed by atoms with Gasteiger partial charge >= 0.3 is 11.9 Å². The summed E-state index contributed by atoms with van der Waals surface area (Å²) in [5.74, 6) is -1.10. The Morgan fingerprint density at radius 1 is 1.35 bits per heavy atom. The van der Waals surface area contributed by atoms with Crippen LogP contribution in [0.25, 0.3) is 0 Å². The van der Waals surface area contributed by atoms with Crippen LogP contribution in [0.15, 0.2) is 37.0 Å². The van der Waals surface area contributed by atoms with Crippen molar-refractivity contribution in [2.24, 2.45) is 22.7 Å². The number of rotatable bonds is 6. The maximum atomic E-state index is 12.3. The smallest absolute Gasteiger partial charge is 0.313 e. The number of carbonyl (C=O) groups excluding carboxylic acids is 1. The fraction of sp³-hybridized carbons (Fsp3) is 0.636. The second-order valence-corrected chi connectivity index (χ2v) is 8.43. The van der Waals surface area contributed by atoms with E-state index < -0.39 is 23.5 Å². The minimum Gasteiger partial charge on any atom is -0.481 e. The second-order valence-electron chi connectivity index (χ2n) is 8.43. The van der Waals surface area contributed by atoms with Crippen LogP contribution in [0.2, 0.25) is 0 Å². The number of hydrogen-bond donors (Lipinski definition) is 1. The minimum atomic E-state index is -1.08. The highest BCUT2D eigenvalue weighted by molar-refractivity contribution is 5.77. The zero-order chi connectivity index (χ0) is 19.7. The van der Waals surface area contributed by atoms with Crippen molar-refractivity contribution in [2.45, 2.75) is 65.4 Å². The first-order valence-corrected chi connectivity index (χ1v) is 9.45. The molecule has 2 aliphatic carbocycles. The van der Waals surface area contributed by atoms with Gasteiger partial charge in [0, 0.05) is 6.92 Å². The third-order valence-corrected chi connectivity index (χ3v) is 6.99. The Morgan fingerprint density at radius 2 is 2.00 bits per heavy atom. The van der Waals surface area contributed by atoms with Gasteiger partial charge in [-0.25, -0.2) is 0 Å². The van der Waals surface area contributed by atoms with E-state index in [9.17, 15) is 14.7 Å². The van der Waals surface area contributed by atoms with E-state index in [0.29, 0.717) is 6.42 Å². The number of hydrogen-bond acceptors (Lipinski definition) is 3. The number of carboxylic acids is 1. The molecule has 0 aromatic heterocycles. The summed E-state index contributed by atoms with van der Waals surface area (Å²) in [6.45, 7) is 17.4. The molecule has 0 saturated heterocycles. The van der Waals surface area contributed by atoms with E-state index in [0.717, 1.165) is 37.7 Å². The van der Waals surface area contributed by atoms with Crippen molar-refractivity contribution in [3.8, 4) is 0 Å². The van der Waals surface area contributed by atoms with E-state index in [1.807, 2.05) is 0 Å². The molecule has 4 nitrogen and oxygen atoms in total. The summed E-state index contributed by atoms with van der Waals surface area (Å²) < 4.78 is 5.47. The van der Waals surface area contributed by atoms with E-state index in [1.165, 1.54) is 12.5 Å². The number of carboxylic acid groups (broad SMARTS) is 1. The summed E-state index contributed by atoms with van der Waals surface area (Å²) in [6.07, 6.45) is 5.95. The molecule has 0 aromatic rings. The highest BCUT2D eigenvalue weighted by Gasteiger charge is 2.62. The molecule has 144 valence electrons. The normalized spacial score (nSPS) is 36.7. The molecule has 0 amide bonds. The molecule has 26 heavy (non-hydrogen) atoms. The van der Waals surface area contributed by atoms with Crippen LogP contribution in [0.1, 0.15) is 59.3 Å². The van der Waals surface area contributed by atoms with Gasteiger partial charge in [-0.05, 0) is 62.7 Å². The largest absolute Gasteiger partial charge is 0.481 e. The van der Waals surface area contributed by atoms with Crippen molar-refractivity contribution in [3.63, 3.8) is 0 Å². The topological polar surface area (TPSA) is 63.6 Å². The lowest BCUT2D eigenvalue weighted by Gasteiger charge is -2.59. The number of ether oxygens (including phenoxy) is 1. The van der Waals surface area contributed by atoms with Crippen molar-refractivity contribution < 1.29 is 19.4 Å². The van der Waals surface area contributed by atoms with Crippen LogP contribution in [-0.2, 0) is 14.3 Å². The molecular formula is C22H32O4. The van der Waals surface area contributed by atoms with E-state index in [2.05, 4.69) is 26.7 Å². The first-order valence-electron chi connectivity index (χ1n) is 9.45. The van der Waals surface area contributed by atoms with Gasteiger partial charge < -0.3 is 9.84 Å². The Morgan fingerprint density at radius 3 is 2.54 bits per heavy atom. The van der Waals surface area contributed by atoms with Gasteiger partial charge in [-0.2, -0.15) is 0 Å². The summed E-state index contributed by atoms with van der Waals surface area (Å²) in [4.78, 5) is 23.9. The third kappa shape index (κ3) is 3.38. The molecule has 0 heterocycles. The van der Waals surface area contributed by atoms with Gasteiger partial charge in [0.1, 0.15) is 11.5 Å². The minimum absolute atomic E-state index is 0.0573. The Labute approximate surface area is 157 Å². The fourth-order valence-corrected chi connectivity index (χ4v) is 5.48. The number of esters is 1. The summed E-state index contributed by atoms with van der Waals surface area (Å²) in [7, 11) is 0. The predicted octanol–water partition coefficient (Wildman–Crippen LogP) is 4.91. The van der Waals surface area contributed by atoms with Crippen LogP contribution in [0, 0.1) is 22.7 Å². The van der Waals surface area contributed by atoms with Gasteiger partial charge in [0.05, 0.1) is 0 Å². The Bertz CT molecular complexity index is 634. The van der Waals surface area contributed by atoms with Crippen LogP contribution in [-0.4, -0.2) is 23.1 Å².